The number of fused-ring (bicyclic) bond motifs is 3. The number of halogens is 1. The molecular weight excluding hydrogens is 454 g/mol. The lowest BCUT2D eigenvalue weighted by Gasteiger charge is -2.49. The first-order chi connectivity index (χ1) is 16.5. The topological polar surface area (TPSA) is 91.6 Å². The third kappa shape index (κ3) is 4.28. The zero-order chi connectivity index (χ0) is 23.7. The molecule has 2 atom stereocenters. The van der Waals surface area contributed by atoms with Crippen LogP contribution in [0.25, 0.3) is 0 Å². The third-order valence-electron chi connectivity index (χ3n) is 6.63. The van der Waals surface area contributed by atoms with Crippen molar-refractivity contribution in [2.75, 3.05) is 29.4 Å². The number of nitro benzene ring substituents is 1. The van der Waals surface area contributed by atoms with E-state index in [1.54, 1.807) is 24.5 Å². The van der Waals surface area contributed by atoms with Crippen LogP contribution in [-0.2, 0) is 17.8 Å². The number of nitro groups is 1. The third-order valence-corrected chi connectivity index (χ3v) is 6.95. The number of carbonyl (C=O) groups excluding carboxylic acids is 1. The van der Waals surface area contributed by atoms with Crippen LogP contribution in [0.5, 0.6) is 0 Å². The summed E-state index contributed by atoms with van der Waals surface area (Å²) in [5.74, 6) is -0.437. The number of aromatic nitrogens is 1. The van der Waals surface area contributed by atoms with E-state index in [-0.39, 0.29) is 28.5 Å². The molecular formula is C25H24ClN5O3. The monoisotopic (exact) mass is 477 g/mol. The number of rotatable bonds is 5. The lowest BCUT2D eigenvalue weighted by Crippen LogP contribution is -2.61. The Bertz CT molecular complexity index is 1220. The number of amides is 1. The van der Waals surface area contributed by atoms with Crippen molar-refractivity contribution < 1.29 is 9.72 Å². The SMILES string of the molecule is O=C(NCc1cccnc1)[C@@H]1Cc2cc([N+](=O)[O-])ccc2N2CCN(c3ccccc3Cl)C[C@@H]12. The highest BCUT2D eigenvalue weighted by atomic mass is 35.5. The summed E-state index contributed by atoms with van der Waals surface area (Å²) in [6.07, 6.45) is 3.86. The molecule has 3 heterocycles. The number of piperazine rings is 1. The summed E-state index contributed by atoms with van der Waals surface area (Å²) in [4.78, 5) is 33.0. The summed E-state index contributed by atoms with van der Waals surface area (Å²) in [6.45, 7) is 2.44. The maximum Gasteiger partial charge on any atom is 0.269 e. The van der Waals surface area contributed by atoms with Crippen LogP contribution in [0.4, 0.5) is 17.1 Å². The van der Waals surface area contributed by atoms with Gasteiger partial charge >= 0.3 is 0 Å². The van der Waals surface area contributed by atoms with Crippen LogP contribution in [0.2, 0.25) is 5.02 Å². The van der Waals surface area contributed by atoms with E-state index in [0.29, 0.717) is 31.1 Å². The zero-order valence-corrected chi connectivity index (χ0v) is 19.2. The maximum absolute atomic E-state index is 13.4. The largest absolute Gasteiger partial charge is 0.366 e. The van der Waals surface area contributed by atoms with E-state index in [1.165, 1.54) is 0 Å². The van der Waals surface area contributed by atoms with E-state index in [1.807, 2.05) is 42.5 Å². The van der Waals surface area contributed by atoms with Gasteiger partial charge in [0.05, 0.1) is 27.6 Å². The van der Waals surface area contributed by atoms with E-state index in [2.05, 4.69) is 20.1 Å². The number of carbonyl (C=O) groups is 1. The number of benzene rings is 2. The fraction of sp³-hybridized carbons (Fsp3) is 0.280. The molecule has 1 fully saturated rings. The molecule has 1 N–H and O–H groups in total. The quantitative estimate of drug-likeness (QED) is 0.443. The second kappa shape index (κ2) is 9.30. The lowest BCUT2D eigenvalue weighted by molar-refractivity contribution is -0.384. The predicted molar refractivity (Wildman–Crippen MR) is 131 cm³/mol. The molecule has 0 spiro atoms. The van der Waals surface area contributed by atoms with Gasteiger partial charge in [-0.2, -0.15) is 0 Å². The van der Waals surface area contributed by atoms with Gasteiger partial charge in [0, 0.05) is 56.4 Å². The Morgan fingerprint density at radius 1 is 1.15 bits per heavy atom. The highest BCUT2D eigenvalue weighted by molar-refractivity contribution is 6.33. The van der Waals surface area contributed by atoms with Gasteiger partial charge in [-0.15, -0.1) is 0 Å². The summed E-state index contributed by atoms with van der Waals surface area (Å²) >= 11 is 6.47. The fourth-order valence-corrected chi connectivity index (χ4v) is 5.23. The fourth-order valence-electron chi connectivity index (χ4n) is 4.97. The van der Waals surface area contributed by atoms with E-state index in [9.17, 15) is 14.9 Å². The molecule has 2 aromatic carbocycles. The summed E-state index contributed by atoms with van der Waals surface area (Å²) in [6, 6.07) is 16.4. The minimum atomic E-state index is -0.390. The van der Waals surface area contributed by atoms with Crippen molar-refractivity contribution >= 4 is 34.6 Å². The molecule has 2 aliphatic heterocycles. The average Bonchev–Trinajstić information content (AvgIpc) is 2.87. The van der Waals surface area contributed by atoms with Gasteiger partial charge < -0.3 is 15.1 Å². The number of nitrogens with one attached hydrogen (secondary N) is 1. The standard InChI is InChI=1S/C25H24ClN5O3/c26-21-5-1-2-6-23(21)29-10-11-30-22-8-7-19(31(33)34)12-18(22)13-20(24(30)16-29)25(32)28-15-17-4-3-9-27-14-17/h1-9,12,14,20,24H,10-11,13,15-16H2,(H,28,32)/t20-,24+/m1/s1. The number of anilines is 2. The Balaban J connectivity index is 1.45. The Hall–Kier alpha value is -3.65. The molecule has 0 unspecified atom stereocenters. The Labute approximate surface area is 202 Å². The van der Waals surface area contributed by atoms with Crippen LogP contribution in [0.1, 0.15) is 11.1 Å². The first kappa shape index (κ1) is 22.2. The smallest absolute Gasteiger partial charge is 0.269 e. The molecule has 2 aliphatic rings. The van der Waals surface area contributed by atoms with Crippen molar-refractivity contribution in [3.05, 3.63) is 93.3 Å². The van der Waals surface area contributed by atoms with Gasteiger partial charge in [0.15, 0.2) is 0 Å². The first-order valence-electron chi connectivity index (χ1n) is 11.2. The summed E-state index contributed by atoms with van der Waals surface area (Å²) < 4.78 is 0. The zero-order valence-electron chi connectivity index (χ0n) is 18.4. The maximum atomic E-state index is 13.4. The molecule has 0 radical (unpaired) electrons. The molecule has 1 amide bonds. The summed E-state index contributed by atoms with van der Waals surface area (Å²) in [5, 5.41) is 15.1. The van der Waals surface area contributed by atoms with Gasteiger partial charge in [-0.05, 0) is 41.8 Å². The second-order valence-electron chi connectivity index (χ2n) is 8.62. The van der Waals surface area contributed by atoms with Crippen molar-refractivity contribution in [1.29, 1.82) is 0 Å². The minimum Gasteiger partial charge on any atom is -0.366 e. The highest BCUT2D eigenvalue weighted by Crippen LogP contribution is 2.39. The number of hydrogen-bond acceptors (Lipinski definition) is 6. The number of hydrogen-bond donors (Lipinski definition) is 1. The van der Waals surface area contributed by atoms with Crippen molar-refractivity contribution in [3.63, 3.8) is 0 Å². The number of pyridine rings is 1. The van der Waals surface area contributed by atoms with Crippen molar-refractivity contribution in [1.82, 2.24) is 10.3 Å². The lowest BCUT2D eigenvalue weighted by atomic mass is 9.83. The van der Waals surface area contributed by atoms with E-state index < -0.39 is 0 Å². The molecule has 0 bridgehead atoms. The molecule has 9 heteroatoms. The Morgan fingerprint density at radius 3 is 2.76 bits per heavy atom. The van der Waals surface area contributed by atoms with Crippen molar-refractivity contribution in [2.24, 2.45) is 5.92 Å². The molecule has 5 rings (SSSR count). The molecule has 8 nitrogen and oxygen atoms in total. The number of para-hydroxylation sites is 1. The average molecular weight is 478 g/mol. The highest BCUT2D eigenvalue weighted by Gasteiger charge is 2.42. The molecule has 0 saturated carbocycles. The van der Waals surface area contributed by atoms with Gasteiger partial charge in [-0.1, -0.05) is 29.8 Å². The first-order valence-corrected chi connectivity index (χ1v) is 11.6. The molecule has 1 aromatic heterocycles. The van der Waals surface area contributed by atoms with Crippen LogP contribution >= 0.6 is 11.6 Å². The predicted octanol–water partition coefficient (Wildman–Crippen LogP) is 3.83. The van der Waals surface area contributed by atoms with Crippen LogP contribution in [-0.4, -0.2) is 41.5 Å². The molecule has 1 saturated heterocycles. The second-order valence-corrected chi connectivity index (χ2v) is 9.03. The van der Waals surface area contributed by atoms with E-state index >= 15 is 0 Å². The molecule has 174 valence electrons. The van der Waals surface area contributed by atoms with Crippen LogP contribution in [0.3, 0.4) is 0 Å². The normalized spacial score (nSPS) is 19.2. The summed E-state index contributed by atoms with van der Waals surface area (Å²) in [5.41, 5.74) is 3.71. The van der Waals surface area contributed by atoms with Gasteiger partial charge in [-0.3, -0.25) is 19.9 Å². The van der Waals surface area contributed by atoms with Crippen LogP contribution in [0, 0.1) is 16.0 Å². The van der Waals surface area contributed by atoms with Crippen molar-refractivity contribution in [2.45, 2.75) is 19.0 Å². The number of non-ortho nitro benzene ring substituents is 1. The van der Waals surface area contributed by atoms with Gasteiger partial charge in [0.2, 0.25) is 5.91 Å². The Kier molecular flexibility index (Phi) is 6.06. The van der Waals surface area contributed by atoms with Crippen LogP contribution < -0.4 is 15.1 Å². The number of nitrogens with zero attached hydrogens (tertiary/aromatic N) is 4. The van der Waals surface area contributed by atoms with E-state index in [0.717, 1.165) is 29.0 Å². The van der Waals surface area contributed by atoms with E-state index in [4.69, 9.17) is 11.6 Å². The Morgan fingerprint density at radius 2 is 2.00 bits per heavy atom. The minimum absolute atomic E-state index is 0.0430. The van der Waals surface area contributed by atoms with Gasteiger partial charge in [0.25, 0.3) is 5.69 Å². The molecule has 34 heavy (non-hydrogen) atoms. The van der Waals surface area contributed by atoms with Crippen molar-refractivity contribution in [3.8, 4) is 0 Å². The molecule has 3 aromatic rings. The summed E-state index contributed by atoms with van der Waals surface area (Å²) in [7, 11) is 0. The molecule has 0 aliphatic carbocycles. The van der Waals surface area contributed by atoms with Gasteiger partial charge in [0.1, 0.15) is 0 Å². The van der Waals surface area contributed by atoms with Crippen LogP contribution in [0.15, 0.2) is 67.0 Å². The van der Waals surface area contributed by atoms with Gasteiger partial charge in [-0.25, -0.2) is 0 Å².